The van der Waals surface area contributed by atoms with E-state index in [-0.39, 0.29) is 16.7 Å². The predicted molar refractivity (Wildman–Crippen MR) is 51.1 cm³/mol. The first-order valence-corrected chi connectivity index (χ1v) is 4.08. The maximum atomic E-state index is 11.4. The molecule has 2 rings (SSSR count). The first kappa shape index (κ1) is 9.26. The minimum absolute atomic E-state index is 0.0714. The van der Waals surface area contributed by atoms with Crippen molar-refractivity contribution in [3.8, 4) is 5.75 Å². The lowest BCUT2D eigenvalue weighted by atomic mass is 10.2. The number of aromatic hydroxyl groups is 1. The molecule has 1 aromatic heterocycles. The second-order valence-corrected chi connectivity index (χ2v) is 2.96. The number of phenols is 1. The summed E-state index contributed by atoms with van der Waals surface area (Å²) in [5.74, 6) is -1.79. The second kappa shape index (κ2) is 3.13. The van der Waals surface area contributed by atoms with Crippen LogP contribution in [0.25, 0.3) is 11.0 Å². The maximum Gasteiger partial charge on any atom is 0.371 e. The average Bonchev–Trinajstić information content (AvgIpc) is 2.18. The van der Waals surface area contributed by atoms with Crippen LogP contribution in [0.3, 0.4) is 0 Å². The fourth-order valence-electron chi connectivity index (χ4n) is 1.25. The summed E-state index contributed by atoms with van der Waals surface area (Å²) < 4.78 is 4.95. The Morgan fingerprint density at radius 1 is 1.27 bits per heavy atom. The van der Waals surface area contributed by atoms with Gasteiger partial charge in [0.2, 0.25) is 5.76 Å². The molecule has 5 heteroatoms. The molecule has 2 N–H and O–H groups in total. The van der Waals surface area contributed by atoms with Gasteiger partial charge >= 0.3 is 5.97 Å². The summed E-state index contributed by atoms with van der Waals surface area (Å²) in [7, 11) is 0. The average molecular weight is 206 g/mol. The van der Waals surface area contributed by atoms with Crippen molar-refractivity contribution in [1.29, 1.82) is 0 Å². The van der Waals surface area contributed by atoms with Crippen LogP contribution in [0.2, 0.25) is 0 Å². The summed E-state index contributed by atoms with van der Waals surface area (Å²) in [5.41, 5.74) is -0.359. The van der Waals surface area contributed by atoms with E-state index in [1.54, 1.807) is 0 Å². The minimum Gasteiger partial charge on any atom is -0.508 e. The molecule has 0 atom stereocenters. The lowest BCUT2D eigenvalue weighted by molar-refractivity contribution is 0.0663. The van der Waals surface area contributed by atoms with Gasteiger partial charge in [-0.25, -0.2) is 4.79 Å². The molecule has 0 aliphatic heterocycles. The molecule has 0 saturated heterocycles. The zero-order valence-electron chi connectivity index (χ0n) is 7.43. The molecule has 0 bridgehead atoms. The van der Waals surface area contributed by atoms with Crippen LogP contribution in [0.1, 0.15) is 10.6 Å². The second-order valence-electron chi connectivity index (χ2n) is 2.96. The van der Waals surface area contributed by atoms with E-state index in [1.807, 2.05) is 0 Å². The monoisotopic (exact) mass is 206 g/mol. The van der Waals surface area contributed by atoms with Gasteiger partial charge in [-0.2, -0.15) is 0 Å². The number of carboxylic acids is 1. The lowest BCUT2D eigenvalue weighted by Crippen LogP contribution is -2.06. The van der Waals surface area contributed by atoms with Gasteiger partial charge in [-0.1, -0.05) is 0 Å². The Balaban J connectivity index is 2.84. The maximum absolute atomic E-state index is 11.4. The molecule has 1 aromatic carbocycles. The summed E-state index contributed by atoms with van der Waals surface area (Å²) in [6.45, 7) is 0. The first-order valence-electron chi connectivity index (χ1n) is 4.08. The number of phenolic OH excluding ortho intramolecular Hbond substituents is 1. The molecule has 1 heterocycles. The summed E-state index contributed by atoms with van der Waals surface area (Å²) in [6, 6.07) is 4.77. The number of rotatable bonds is 1. The van der Waals surface area contributed by atoms with Crippen LogP contribution in [-0.4, -0.2) is 16.2 Å². The van der Waals surface area contributed by atoms with Gasteiger partial charge in [0, 0.05) is 6.07 Å². The van der Waals surface area contributed by atoms with E-state index in [1.165, 1.54) is 18.2 Å². The highest BCUT2D eigenvalue weighted by Gasteiger charge is 2.10. The van der Waals surface area contributed by atoms with Gasteiger partial charge < -0.3 is 14.6 Å². The van der Waals surface area contributed by atoms with Gasteiger partial charge in [0.05, 0.1) is 5.39 Å². The largest absolute Gasteiger partial charge is 0.508 e. The summed E-state index contributed by atoms with van der Waals surface area (Å²) >= 11 is 0. The van der Waals surface area contributed by atoms with Crippen molar-refractivity contribution in [3.05, 3.63) is 40.2 Å². The first-order chi connectivity index (χ1) is 7.08. The Hall–Kier alpha value is -2.30. The van der Waals surface area contributed by atoms with Crippen LogP contribution in [0.5, 0.6) is 5.75 Å². The molecule has 2 aromatic rings. The number of hydrogen-bond acceptors (Lipinski definition) is 4. The number of hydrogen-bond donors (Lipinski definition) is 2. The van der Waals surface area contributed by atoms with Crippen molar-refractivity contribution in [2.24, 2.45) is 0 Å². The van der Waals surface area contributed by atoms with Gasteiger partial charge in [0.25, 0.3) is 0 Å². The highest BCUT2D eigenvalue weighted by Crippen LogP contribution is 2.17. The quantitative estimate of drug-likeness (QED) is 0.731. The fraction of sp³-hybridized carbons (Fsp3) is 0. The fourth-order valence-corrected chi connectivity index (χ4v) is 1.25. The molecular formula is C10H6O5. The van der Waals surface area contributed by atoms with Gasteiger partial charge in [0.15, 0.2) is 5.43 Å². The number of benzene rings is 1. The molecule has 15 heavy (non-hydrogen) atoms. The van der Waals surface area contributed by atoms with Crippen LogP contribution < -0.4 is 5.43 Å². The Bertz CT molecular complexity index is 596. The van der Waals surface area contributed by atoms with Gasteiger partial charge in [0.1, 0.15) is 11.3 Å². The van der Waals surface area contributed by atoms with Crippen molar-refractivity contribution in [2.75, 3.05) is 0 Å². The van der Waals surface area contributed by atoms with E-state index in [2.05, 4.69) is 0 Å². The third-order valence-electron chi connectivity index (χ3n) is 1.92. The molecule has 0 fully saturated rings. The van der Waals surface area contributed by atoms with Crippen LogP contribution in [0.15, 0.2) is 33.5 Å². The normalized spacial score (nSPS) is 10.4. The zero-order chi connectivity index (χ0) is 11.0. The molecule has 0 aliphatic rings. The minimum atomic E-state index is -1.30. The molecule has 0 saturated carbocycles. The zero-order valence-corrected chi connectivity index (χ0v) is 7.43. The van der Waals surface area contributed by atoms with Crippen LogP contribution >= 0.6 is 0 Å². The van der Waals surface area contributed by atoms with Crippen molar-refractivity contribution >= 4 is 16.9 Å². The molecule has 0 aliphatic carbocycles. The molecule has 0 amide bonds. The van der Waals surface area contributed by atoms with Crippen LogP contribution in [0, 0.1) is 0 Å². The molecule has 0 spiro atoms. The van der Waals surface area contributed by atoms with E-state index in [9.17, 15) is 9.59 Å². The van der Waals surface area contributed by atoms with E-state index in [0.717, 1.165) is 6.07 Å². The Kier molecular flexibility index (Phi) is 1.93. The molecule has 5 nitrogen and oxygen atoms in total. The Labute approximate surface area is 83.2 Å². The van der Waals surface area contributed by atoms with Crippen molar-refractivity contribution in [3.63, 3.8) is 0 Å². The van der Waals surface area contributed by atoms with Crippen molar-refractivity contribution in [2.45, 2.75) is 0 Å². The SMILES string of the molecule is O=C(O)c1cc(=O)c2cc(O)ccc2o1. The van der Waals surface area contributed by atoms with Crippen LogP contribution in [-0.2, 0) is 0 Å². The smallest absolute Gasteiger partial charge is 0.371 e. The van der Waals surface area contributed by atoms with Crippen molar-refractivity contribution < 1.29 is 19.4 Å². The third kappa shape index (κ3) is 1.54. The van der Waals surface area contributed by atoms with E-state index in [0.29, 0.717) is 0 Å². The molecule has 0 unspecified atom stereocenters. The lowest BCUT2D eigenvalue weighted by Gasteiger charge is -1.98. The number of aromatic carboxylic acids is 1. The standard InChI is InChI=1S/C10H6O5/c11-5-1-2-8-6(3-5)7(12)4-9(15-8)10(13)14/h1-4,11H,(H,13,14). The van der Waals surface area contributed by atoms with E-state index in [4.69, 9.17) is 14.6 Å². The summed E-state index contributed by atoms with van der Waals surface area (Å²) in [4.78, 5) is 22.0. The summed E-state index contributed by atoms with van der Waals surface area (Å²) in [5, 5.41) is 17.9. The predicted octanol–water partition coefficient (Wildman–Crippen LogP) is 1.20. The van der Waals surface area contributed by atoms with Crippen LogP contribution in [0.4, 0.5) is 0 Å². The van der Waals surface area contributed by atoms with Crippen molar-refractivity contribution in [1.82, 2.24) is 0 Å². The number of carbonyl (C=O) groups is 1. The van der Waals surface area contributed by atoms with Gasteiger partial charge in [-0.3, -0.25) is 4.79 Å². The topological polar surface area (TPSA) is 87.7 Å². The highest BCUT2D eigenvalue weighted by molar-refractivity contribution is 5.87. The number of carboxylic acid groups (broad SMARTS) is 1. The summed E-state index contributed by atoms with van der Waals surface area (Å²) in [6.07, 6.45) is 0. The number of fused-ring (bicyclic) bond motifs is 1. The Morgan fingerprint density at radius 3 is 2.67 bits per heavy atom. The van der Waals surface area contributed by atoms with Gasteiger partial charge in [-0.05, 0) is 18.2 Å². The van der Waals surface area contributed by atoms with E-state index < -0.39 is 17.2 Å². The third-order valence-corrected chi connectivity index (χ3v) is 1.92. The van der Waals surface area contributed by atoms with E-state index >= 15 is 0 Å². The molecule has 0 radical (unpaired) electrons. The molecular weight excluding hydrogens is 200 g/mol. The van der Waals surface area contributed by atoms with Gasteiger partial charge in [-0.15, -0.1) is 0 Å². The molecule has 76 valence electrons. The Morgan fingerprint density at radius 2 is 2.00 bits per heavy atom. The highest BCUT2D eigenvalue weighted by atomic mass is 16.4.